The number of amides is 1. The van der Waals surface area contributed by atoms with Gasteiger partial charge >= 0.3 is 0 Å². The molecular weight excluding hydrogens is 262 g/mol. The molecule has 5 heteroatoms. The molecule has 1 aliphatic carbocycles. The average molecular weight is 281 g/mol. The highest BCUT2D eigenvalue weighted by atomic mass is 32.2. The standard InChI is InChI=1S/C14H19NO3S/c1-11(14(16)15-12-7-5-6-8-12)19(17,18)13-9-3-2-4-10-13/h2-4,9-12H,5-8H2,1H3,(H,15,16). The van der Waals surface area contributed by atoms with Crippen molar-refractivity contribution in [3.8, 4) is 0 Å². The van der Waals surface area contributed by atoms with E-state index in [4.69, 9.17) is 0 Å². The molecule has 1 N–H and O–H groups in total. The van der Waals surface area contributed by atoms with Crippen molar-refractivity contribution in [3.05, 3.63) is 30.3 Å². The Morgan fingerprint density at radius 3 is 2.37 bits per heavy atom. The topological polar surface area (TPSA) is 63.2 Å². The van der Waals surface area contributed by atoms with Gasteiger partial charge in [0, 0.05) is 6.04 Å². The zero-order valence-electron chi connectivity index (χ0n) is 11.0. The largest absolute Gasteiger partial charge is 0.352 e. The van der Waals surface area contributed by atoms with Crippen LogP contribution in [-0.4, -0.2) is 25.6 Å². The van der Waals surface area contributed by atoms with Crippen LogP contribution in [-0.2, 0) is 14.6 Å². The lowest BCUT2D eigenvalue weighted by molar-refractivity contribution is -0.121. The van der Waals surface area contributed by atoms with Gasteiger partial charge in [0.15, 0.2) is 9.84 Å². The van der Waals surface area contributed by atoms with E-state index in [9.17, 15) is 13.2 Å². The molecule has 4 nitrogen and oxygen atoms in total. The summed E-state index contributed by atoms with van der Waals surface area (Å²) in [5.74, 6) is -0.393. The van der Waals surface area contributed by atoms with E-state index in [0.29, 0.717) is 0 Å². The van der Waals surface area contributed by atoms with Crippen molar-refractivity contribution in [2.24, 2.45) is 0 Å². The monoisotopic (exact) mass is 281 g/mol. The van der Waals surface area contributed by atoms with Gasteiger partial charge < -0.3 is 5.32 Å². The minimum Gasteiger partial charge on any atom is -0.352 e. The predicted octanol–water partition coefficient (Wildman–Crippen LogP) is 1.91. The SMILES string of the molecule is CC(C(=O)NC1CCCC1)S(=O)(=O)c1ccccc1. The second-order valence-corrected chi connectivity index (χ2v) is 7.26. The Kier molecular flexibility index (Phi) is 4.24. The lowest BCUT2D eigenvalue weighted by atomic mass is 10.2. The summed E-state index contributed by atoms with van der Waals surface area (Å²) in [5.41, 5.74) is 0. The number of benzene rings is 1. The van der Waals surface area contributed by atoms with Crippen LogP contribution in [0, 0.1) is 0 Å². The third-order valence-electron chi connectivity index (χ3n) is 3.61. The van der Waals surface area contributed by atoms with Crippen LogP contribution in [0.15, 0.2) is 35.2 Å². The third-order valence-corrected chi connectivity index (χ3v) is 5.68. The molecule has 1 amide bonds. The van der Waals surface area contributed by atoms with Crippen molar-refractivity contribution >= 4 is 15.7 Å². The van der Waals surface area contributed by atoms with Crippen molar-refractivity contribution in [1.29, 1.82) is 0 Å². The van der Waals surface area contributed by atoms with E-state index in [1.165, 1.54) is 19.1 Å². The fourth-order valence-corrected chi connectivity index (χ4v) is 3.64. The minimum absolute atomic E-state index is 0.140. The molecule has 0 aromatic heterocycles. The highest BCUT2D eigenvalue weighted by Gasteiger charge is 2.31. The van der Waals surface area contributed by atoms with Gasteiger partial charge in [-0.1, -0.05) is 31.0 Å². The Hall–Kier alpha value is -1.36. The van der Waals surface area contributed by atoms with E-state index in [2.05, 4.69) is 5.32 Å². The summed E-state index contributed by atoms with van der Waals surface area (Å²) in [4.78, 5) is 12.2. The molecule has 2 rings (SSSR count). The Morgan fingerprint density at radius 2 is 1.79 bits per heavy atom. The average Bonchev–Trinajstić information content (AvgIpc) is 2.91. The van der Waals surface area contributed by atoms with Gasteiger partial charge in [0.25, 0.3) is 0 Å². The van der Waals surface area contributed by atoms with Crippen LogP contribution < -0.4 is 5.32 Å². The highest BCUT2D eigenvalue weighted by molar-refractivity contribution is 7.92. The Morgan fingerprint density at radius 1 is 1.21 bits per heavy atom. The van der Waals surface area contributed by atoms with Gasteiger partial charge in [0.05, 0.1) is 4.90 Å². The van der Waals surface area contributed by atoms with Gasteiger partial charge in [0.1, 0.15) is 5.25 Å². The van der Waals surface area contributed by atoms with Crippen LogP contribution in [0.3, 0.4) is 0 Å². The Balaban J connectivity index is 2.09. The summed E-state index contributed by atoms with van der Waals surface area (Å²) in [7, 11) is -3.59. The number of hydrogen-bond donors (Lipinski definition) is 1. The molecule has 104 valence electrons. The molecule has 0 aliphatic heterocycles. The van der Waals surface area contributed by atoms with Gasteiger partial charge in [-0.25, -0.2) is 8.42 Å². The number of sulfone groups is 1. The van der Waals surface area contributed by atoms with Crippen molar-refractivity contribution in [2.75, 3.05) is 0 Å². The molecule has 1 unspecified atom stereocenters. The van der Waals surface area contributed by atoms with Crippen LogP contribution in [0.25, 0.3) is 0 Å². The molecule has 0 radical (unpaired) electrons. The molecule has 0 heterocycles. The van der Waals surface area contributed by atoms with Gasteiger partial charge in [-0.2, -0.15) is 0 Å². The van der Waals surface area contributed by atoms with E-state index in [-0.39, 0.29) is 10.9 Å². The molecule has 1 aliphatic rings. The maximum atomic E-state index is 12.3. The first-order valence-electron chi connectivity index (χ1n) is 6.61. The molecule has 0 bridgehead atoms. The molecule has 19 heavy (non-hydrogen) atoms. The van der Waals surface area contributed by atoms with Crippen molar-refractivity contribution in [1.82, 2.24) is 5.32 Å². The molecule has 1 saturated carbocycles. The van der Waals surface area contributed by atoms with Crippen LogP contribution in [0.2, 0.25) is 0 Å². The van der Waals surface area contributed by atoms with E-state index in [0.717, 1.165) is 25.7 Å². The van der Waals surface area contributed by atoms with Gasteiger partial charge in [-0.05, 0) is 31.9 Å². The molecule has 1 atom stereocenters. The summed E-state index contributed by atoms with van der Waals surface area (Å²) < 4.78 is 24.6. The Bertz CT molecular complexity index is 533. The first-order valence-corrected chi connectivity index (χ1v) is 8.16. The zero-order valence-corrected chi connectivity index (χ0v) is 11.8. The van der Waals surface area contributed by atoms with E-state index in [1.807, 2.05) is 0 Å². The number of carbonyl (C=O) groups is 1. The number of nitrogens with one attached hydrogen (secondary N) is 1. The molecule has 0 spiro atoms. The lowest BCUT2D eigenvalue weighted by Gasteiger charge is -2.17. The quantitative estimate of drug-likeness (QED) is 0.917. The molecule has 1 fully saturated rings. The normalized spacial score (nSPS) is 18.2. The second-order valence-electron chi connectivity index (χ2n) is 4.99. The lowest BCUT2D eigenvalue weighted by Crippen LogP contribution is -2.42. The number of rotatable bonds is 4. The smallest absolute Gasteiger partial charge is 0.238 e. The molecule has 1 aromatic rings. The first-order chi connectivity index (χ1) is 9.01. The minimum atomic E-state index is -3.59. The second kappa shape index (κ2) is 5.74. The summed E-state index contributed by atoms with van der Waals surface area (Å²) in [6.07, 6.45) is 4.10. The number of hydrogen-bond acceptors (Lipinski definition) is 3. The number of carbonyl (C=O) groups excluding carboxylic acids is 1. The van der Waals surface area contributed by atoms with Crippen LogP contribution in [0.5, 0.6) is 0 Å². The molecular formula is C14H19NO3S. The maximum Gasteiger partial charge on any atom is 0.238 e. The zero-order chi connectivity index (χ0) is 13.9. The van der Waals surface area contributed by atoms with Gasteiger partial charge in [0.2, 0.25) is 5.91 Å². The van der Waals surface area contributed by atoms with E-state index in [1.54, 1.807) is 18.2 Å². The Labute approximate surface area is 114 Å². The maximum absolute atomic E-state index is 12.3. The van der Waals surface area contributed by atoms with Crippen molar-refractivity contribution < 1.29 is 13.2 Å². The van der Waals surface area contributed by atoms with Gasteiger partial charge in [-0.15, -0.1) is 0 Å². The molecule has 0 saturated heterocycles. The summed E-state index contributed by atoms with van der Waals surface area (Å²) in [6, 6.07) is 8.26. The van der Waals surface area contributed by atoms with Crippen molar-refractivity contribution in [2.45, 2.75) is 48.8 Å². The highest BCUT2D eigenvalue weighted by Crippen LogP contribution is 2.20. The summed E-state index contributed by atoms with van der Waals surface area (Å²) in [5, 5.41) is 1.79. The van der Waals surface area contributed by atoms with Crippen LogP contribution >= 0.6 is 0 Å². The summed E-state index contributed by atoms with van der Waals surface area (Å²) in [6.45, 7) is 1.45. The fraction of sp³-hybridized carbons (Fsp3) is 0.500. The first kappa shape index (κ1) is 14.1. The fourth-order valence-electron chi connectivity index (χ4n) is 2.34. The van der Waals surface area contributed by atoms with Crippen LogP contribution in [0.1, 0.15) is 32.6 Å². The van der Waals surface area contributed by atoms with Crippen molar-refractivity contribution in [3.63, 3.8) is 0 Å². The van der Waals surface area contributed by atoms with E-state index >= 15 is 0 Å². The third kappa shape index (κ3) is 3.15. The van der Waals surface area contributed by atoms with Gasteiger partial charge in [-0.3, -0.25) is 4.79 Å². The molecule has 1 aromatic carbocycles. The van der Waals surface area contributed by atoms with E-state index < -0.39 is 21.0 Å². The van der Waals surface area contributed by atoms with Crippen LogP contribution in [0.4, 0.5) is 0 Å². The predicted molar refractivity (Wildman–Crippen MR) is 73.5 cm³/mol. The summed E-state index contributed by atoms with van der Waals surface area (Å²) >= 11 is 0.